The summed E-state index contributed by atoms with van der Waals surface area (Å²) in [5, 5.41) is 39.3. The maximum absolute atomic E-state index is 11.7. The predicted molar refractivity (Wildman–Crippen MR) is 230 cm³/mol. The molecule has 0 radical (unpaired) electrons. The number of amides is 2. The number of aromatic nitrogens is 6. The summed E-state index contributed by atoms with van der Waals surface area (Å²) in [7, 11) is 3.09. The van der Waals surface area contributed by atoms with E-state index in [4.69, 9.17) is 53.5 Å². The Morgan fingerprint density at radius 1 is 0.650 bits per heavy atom. The van der Waals surface area contributed by atoms with Crippen molar-refractivity contribution in [2.24, 2.45) is 0 Å². The van der Waals surface area contributed by atoms with Gasteiger partial charge in [0.1, 0.15) is 18.0 Å². The second-order valence-corrected chi connectivity index (χ2v) is 13.2. The number of hydrogen-bond acceptors (Lipinski definition) is 14. The monoisotopic (exact) mass is 870 g/mol. The van der Waals surface area contributed by atoms with Gasteiger partial charge in [0, 0.05) is 47.9 Å². The van der Waals surface area contributed by atoms with Crippen LogP contribution in [0.5, 0.6) is 5.88 Å². The zero-order chi connectivity index (χ0) is 41.7. The number of aliphatic hydroxyl groups excluding tert-OH is 1. The molecule has 0 unspecified atom stereocenters. The number of aliphatic hydroxyl groups is 1. The molecule has 8 aromatic rings. The van der Waals surface area contributed by atoms with Crippen LogP contribution in [0.4, 0.5) is 23.0 Å². The molecule has 0 bridgehead atoms. The van der Waals surface area contributed by atoms with Crippen molar-refractivity contribution in [1.82, 2.24) is 41.0 Å². The number of furan rings is 2. The lowest BCUT2D eigenvalue weighted by atomic mass is 10.2. The second-order valence-electron chi connectivity index (χ2n) is 12.0. The predicted octanol–water partition coefficient (Wildman–Crippen LogP) is 8.80. The Bertz CT molecular complexity index is 2680. The van der Waals surface area contributed by atoms with E-state index in [1.807, 2.05) is 24.3 Å². The van der Waals surface area contributed by atoms with Gasteiger partial charge in [-0.2, -0.15) is 0 Å². The highest BCUT2D eigenvalue weighted by atomic mass is 35.5. The number of fused-ring (bicyclic) bond motifs is 2. The Labute approximate surface area is 358 Å². The van der Waals surface area contributed by atoms with Crippen molar-refractivity contribution >= 4 is 91.6 Å². The number of hydrogen-bond donors (Lipinski definition) is 5. The first-order valence-corrected chi connectivity index (χ1v) is 18.5. The summed E-state index contributed by atoms with van der Waals surface area (Å²) >= 11 is 17.6. The number of pyridine rings is 2. The number of anilines is 4. The molecule has 19 heteroatoms. The molecule has 16 nitrogen and oxygen atoms in total. The van der Waals surface area contributed by atoms with Crippen LogP contribution >= 0.6 is 34.8 Å². The van der Waals surface area contributed by atoms with Gasteiger partial charge in [-0.3, -0.25) is 19.6 Å². The van der Waals surface area contributed by atoms with Crippen LogP contribution in [-0.2, 0) is 13.2 Å². The molecule has 0 atom stereocenters. The van der Waals surface area contributed by atoms with Crippen molar-refractivity contribution in [1.29, 1.82) is 0 Å². The van der Waals surface area contributed by atoms with Gasteiger partial charge in [0.25, 0.3) is 17.7 Å². The first kappa shape index (κ1) is 44.3. The van der Waals surface area contributed by atoms with Gasteiger partial charge in [-0.25, -0.2) is 0 Å². The molecule has 5 N–H and O–H groups in total. The van der Waals surface area contributed by atoms with E-state index in [2.05, 4.69) is 51.6 Å². The van der Waals surface area contributed by atoms with Gasteiger partial charge >= 0.3 is 0 Å². The van der Waals surface area contributed by atoms with Gasteiger partial charge in [0.15, 0.2) is 22.4 Å². The van der Waals surface area contributed by atoms with Crippen molar-refractivity contribution in [3.05, 3.63) is 148 Å². The zero-order valence-electron chi connectivity index (χ0n) is 31.1. The molecule has 0 aliphatic rings. The second kappa shape index (κ2) is 21.2. The number of nitrogens with zero attached hydrogens (tertiary/aromatic N) is 6. The van der Waals surface area contributed by atoms with Crippen LogP contribution in [0.1, 0.15) is 39.5 Å². The minimum absolute atomic E-state index is 0. The standard InChI is InChI=1S/C20H16ClN5O3.C12H7Cl2N3O.C8H10N2O2.CH4/c1-22-19(27)16-10-12(6-8-23-16)11-29-20-17-15(7-9-28-17)18(25-26-20)24-14-4-2-13(21)3-5-14;13-7-1-3-8(4-2-7)15-12-9-5-6-18-10(9)11(14)16-17-12;1-9-8(12)7-4-6(5-11)2-3-10-7;/h2-10H,11H2,1H3,(H,22,27)(H,24,25);1-6H,(H,15,17);2-4,11H,5H2,1H3,(H,9,12);1H4. The fourth-order valence-corrected chi connectivity index (χ4v) is 5.55. The number of carbonyl (C=O) groups is 2. The molecule has 0 spiro atoms. The fraction of sp³-hybridized carbons (Fsp3) is 0.122. The van der Waals surface area contributed by atoms with Crippen LogP contribution in [0.25, 0.3) is 21.9 Å². The van der Waals surface area contributed by atoms with E-state index in [1.165, 1.54) is 13.2 Å². The van der Waals surface area contributed by atoms with Crippen LogP contribution in [0.3, 0.4) is 0 Å². The number of ether oxygens (including phenoxy) is 1. The Kier molecular flexibility index (Phi) is 15.7. The summed E-state index contributed by atoms with van der Waals surface area (Å²) < 4.78 is 16.6. The van der Waals surface area contributed by atoms with E-state index < -0.39 is 0 Å². The Morgan fingerprint density at radius 2 is 1.13 bits per heavy atom. The van der Waals surface area contributed by atoms with E-state index >= 15 is 0 Å². The molecule has 0 saturated carbocycles. The number of nitrogens with one attached hydrogen (secondary N) is 4. The first-order valence-electron chi connectivity index (χ1n) is 17.4. The van der Waals surface area contributed by atoms with Crippen LogP contribution in [0.15, 0.2) is 119 Å². The number of carbonyl (C=O) groups excluding carboxylic acids is 2. The molecule has 0 fully saturated rings. The third-order valence-corrected chi connectivity index (χ3v) is 8.79. The third kappa shape index (κ3) is 11.4. The van der Waals surface area contributed by atoms with Gasteiger partial charge in [-0.05, 0) is 96.1 Å². The zero-order valence-corrected chi connectivity index (χ0v) is 33.4. The highest BCUT2D eigenvalue weighted by Gasteiger charge is 2.15. The highest BCUT2D eigenvalue weighted by Crippen LogP contribution is 2.32. The minimum Gasteiger partial charge on any atom is -0.469 e. The van der Waals surface area contributed by atoms with E-state index in [0.717, 1.165) is 27.7 Å². The summed E-state index contributed by atoms with van der Waals surface area (Å²) in [4.78, 5) is 30.6. The first-order chi connectivity index (χ1) is 28.6. The molecular weight excluding hydrogens is 835 g/mol. The molecule has 8 rings (SSSR count). The maximum Gasteiger partial charge on any atom is 0.278 e. The van der Waals surface area contributed by atoms with Gasteiger partial charge in [0.2, 0.25) is 5.58 Å². The van der Waals surface area contributed by atoms with Crippen molar-refractivity contribution in [3.8, 4) is 5.88 Å². The fourth-order valence-electron chi connectivity index (χ4n) is 5.12. The molecule has 0 aliphatic carbocycles. The maximum atomic E-state index is 11.7. The third-order valence-electron chi connectivity index (χ3n) is 8.04. The molecule has 6 heterocycles. The van der Waals surface area contributed by atoms with Crippen molar-refractivity contribution in [2.45, 2.75) is 20.6 Å². The summed E-state index contributed by atoms with van der Waals surface area (Å²) in [5.41, 5.74) is 4.75. The lowest BCUT2D eigenvalue weighted by Crippen LogP contribution is -2.19. The highest BCUT2D eigenvalue weighted by molar-refractivity contribution is 6.33. The normalized spacial score (nSPS) is 10.3. The topological polar surface area (TPSA) is 215 Å². The van der Waals surface area contributed by atoms with Crippen molar-refractivity contribution in [3.63, 3.8) is 0 Å². The molecule has 308 valence electrons. The average molecular weight is 872 g/mol. The van der Waals surface area contributed by atoms with Crippen LogP contribution in [0, 0.1) is 0 Å². The number of benzene rings is 2. The summed E-state index contributed by atoms with van der Waals surface area (Å²) in [6.45, 7) is 0.105. The molecule has 60 heavy (non-hydrogen) atoms. The lowest BCUT2D eigenvalue weighted by molar-refractivity contribution is 0.0950. The Morgan fingerprint density at radius 3 is 1.67 bits per heavy atom. The summed E-state index contributed by atoms with van der Waals surface area (Å²) in [6.07, 6.45) is 6.14. The molecule has 2 amide bonds. The number of rotatable bonds is 10. The molecule has 0 saturated heterocycles. The van der Waals surface area contributed by atoms with Gasteiger partial charge in [0.05, 0.1) is 29.9 Å². The molecule has 0 aliphatic heterocycles. The van der Waals surface area contributed by atoms with Gasteiger partial charge < -0.3 is 39.9 Å². The Balaban J connectivity index is 0.000000188. The van der Waals surface area contributed by atoms with Crippen LogP contribution < -0.4 is 26.0 Å². The summed E-state index contributed by atoms with van der Waals surface area (Å²) in [6, 6.07) is 24.7. The average Bonchev–Trinajstić information content (AvgIpc) is 3.99. The van der Waals surface area contributed by atoms with E-state index in [-0.39, 0.29) is 43.5 Å². The van der Waals surface area contributed by atoms with Crippen LogP contribution in [0.2, 0.25) is 15.2 Å². The van der Waals surface area contributed by atoms with Crippen LogP contribution in [-0.4, -0.2) is 61.4 Å². The molecular formula is C41H37Cl3N10O6. The minimum atomic E-state index is -0.266. The lowest BCUT2D eigenvalue weighted by Gasteiger charge is -2.09. The largest absolute Gasteiger partial charge is 0.469 e. The quantitative estimate of drug-likeness (QED) is 0.0869. The van der Waals surface area contributed by atoms with Gasteiger partial charge in [-0.1, -0.05) is 42.2 Å². The summed E-state index contributed by atoms with van der Waals surface area (Å²) in [5.74, 6) is 0.868. The van der Waals surface area contributed by atoms with Crippen molar-refractivity contribution in [2.75, 3.05) is 24.7 Å². The van der Waals surface area contributed by atoms with E-state index in [0.29, 0.717) is 49.8 Å². The van der Waals surface area contributed by atoms with E-state index in [9.17, 15) is 9.59 Å². The molecule has 2 aromatic carbocycles. The smallest absolute Gasteiger partial charge is 0.278 e. The Hall–Kier alpha value is -6.85. The van der Waals surface area contributed by atoms with E-state index in [1.54, 1.807) is 86.4 Å². The van der Waals surface area contributed by atoms with Crippen molar-refractivity contribution < 1.29 is 28.3 Å². The SMILES string of the molecule is C.CNC(=O)c1cc(CO)ccn1.CNC(=O)c1cc(COc2nnc(Nc3ccc(Cl)cc3)c3ccoc23)ccn1.Clc1ccc(Nc2nnc(Cl)c3occc23)cc1. The number of halogens is 3. The molecule has 6 aromatic heterocycles. The van der Waals surface area contributed by atoms with Gasteiger partial charge in [-0.15, -0.1) is 20.4 Å².